The van der Waals surface area contributed by atoms with Crippen LogP contribution in [0, 0.1) is 0 Å². The predicted molar refractivity (Wildman–Crippen MR) is 87.8 cm³/mol. The maximum absolute atomic E-state index is 12.4. The number of rotatable bonds is 3. The van der Waals surface area contributed by atoms with Gasteiger partial charge in [-0.05, 0) is 54.6 Å². The first-order chi connectivity index (χ1) is 10.1. The summed E-state index contributed by atoms with van der Waals surface area (Å²) in [6.07, 6.45) is 0.946. The van der Waals surface area contributed by atoms with Crippen molar-refractivity contribution in [1.82, 2.24) is 4.90 Å². The fraction of sp³-hybridized carbons (Fsp3) is 0.312. The van der Waals surface area contributed by atoms with Crippen LogP contribution in [0.25, 0.3) is 0 Å². The van der Waals surface area contributed by atoms with Crippen LogP contribution in [0.15, 0.2) is 40.2 Å². The van der Waals surface area contributed by atoms with Gasteiger partial charge in [0, 0.05) is 15.9 Å². The number of fused-ring (bicyclic) bond motifs is 1. The zero-order chi connectivity index (χ0) is 14.8. The monoisotopic (exact) mass is 365 g/mol. The largest absolute Gasteiger partial charge is 0.484 e. The number of hydrogen-bond donors (Lipinski definition) is 0. The zero-order valence-corrected chi connectivity index (χ0v) is 14.1. The zero-order valence-electron chi connectivity index (χ0n) is 11.7. The first kappa shape index (κ1) is 14.6. The summed E-state index contributed by atoms with van der Waals surface area (Å²) in [6, 6.07) is 9.78. The van der Waals surface area contributed by atoms with Crippen LogP contribution in [0.4, 0.5) is 0 Å². The molecule has 1 atom stereocenters. The van der Waals surface area contributed by atoms with E-state index in [2.05, 4.69) is 34.3 Å². The van der Waals surface area contributed by atoms with E-state index < -0.39 is 0 Å². The number of benzene rings is 1. The Bertz CT molecular complexity index is 638. The molecule has 2 aromatic rings. The van der Waals surface area contributed by atoms with Crippen molar-refractivity contribution in [3.8, 4) is 5.75 Å². The molecule has 1 aromatic carbocycles. The van der Waals surface area contributed by atoms with E-state index in [0.29, 0.717) is 5.75 Å². The molecule has 0 radical (unpaired) electrons. The Kier molecular flexibility index (Phi) is 4.31. The van der Waals surface area contributed by atoms with Crippen LogP contribution in [0.3, 0.4) is 0 Å². The van der Waals surface area contributed by atoms with Gasteiger partial charge in [-0.1, -0.05) is 15.9 Å². The second kappa shape index (κ2) is 6.20. The van der Waals surface area contributed by atoms with Crippen LogP contribution in [0.2, 0.25) is 0 Å². The molecule has 110 valence electrons. The molecule has 1 aromatic heterocycles. The maximum Gasteiger partial charge on any atom is 0.261 e. The van der Waals surface area contributed by atoms with Gasteiger partial charge in [0.2, 0.25) is 0 Å². The van der Waals surface area contributed by atoms with Gasteiger partial charge in [-0.15, -0.1) is 11.3 Å². The summed E-state index contributed by atoms with van der Waals surface area (Å²) in [5, 5.41) is 2.10. The van der Waals surface area contributed by atoms with Crippen molar-refractivity contribution in [3.63, 3.8) is 0 Å². The fourth-order valence-corrected chi connectivity index (χ4v) is 3.84. The van der Waals surface area contributed by atoms with Gasteiger partial charge in [0.1, 0.15) is 5.75 Å². The van der Waals surface area contributed by atoms with E-state index in [1.807, 2.05) is 29.2 Å². The van der Waals surface area contributed by atoms with Gasteiger partial charge in [0.25, 0.3) is 5.91 Å². The molecule has 3 rings (SSSR count). The van der Waals surface area contributed by atoms with Gasteiger partial charge in [0.15, 0.2) is 6.61 Å². The van der Waals surface area contributed by atoms with Crippen molar-refractivity contribution < 1.29 is 9.53 Å². The van der Waals surface area contributed by atoms with E-state index in [-0.39, 0.29) is 18.6 Å². The number of nitrogens with zero attached hydrogens (tertiary/aromatic N) is 1. The first-order valence-corrected chi connectivity index (χ1v) is 8.56. The molecule has 1 amide bonds. The van der Waals surface area contributed by atoms with E-state index in [9.17, 15) is 4.79 Å². The predicted octanol–water partition coefficient (Wildman–Crippen LogP) is 4.04. The summed E-state index contributed by atoms with van der Waals surface area (Å²) in [5.41, 5.74) is 1.28. The molecule has 0 unspecified atom stereocenters. The molecule has 1 aliphatic heterocycles. The molecule has 5 heteroatoms. The molecule has 0 aliphatic carbocycles. The van der Waals surface area contributed by atoms with E-state index in [1.54, 1.807) is 11.3 Å². The van der Waals surface area contributed by atoms with Crippen molar-refractivity contribution in [2.45, 2.75) is 19.4 Å². The standard InChI is InChI=1S/C16H16BrNO2S/c1-11-14-7-9-21-15(14)6-8-18(11)16(19)10-20-13-4-2-12(17)3-5-13/h2-5,7,9,11H,6,8,10H2,1H3/t11-/m1/s1. The smallest absolute Gasteiger partial charge is 0.261 e. The first-order valence-electron chi connectivity index (χ1n) is 6.89. The van der Waals surface area contributed by atoms with Crippen molar-refractivity contribution in [2.75, 3.05) is 13.2 Å². The van der Waals surface area contributed by atoms with E-state index in [1.165, 1.54) is 10.4 Å². The van der Waals surface area contributed by atoms with Gasteiger partial charge in [-0.3, -0.25) is 4.79 Å². The third-order valence-electron chi connectivity index (χ3n) is 3.77. The lowest BCUT2D eigenvalue weighted by Crippen LogP contribution is -2.40. The van der Waals surface area contributed by atoms with Crippen LogP contribution in [-0.4, -0.2) is 24.0 Å². The molecule has 0 saturated heterocycles. The average molecular weight is 366 g/mol. The minimum absolute atomic E-state index is 0.0438. The molecule has 0 bridgehead atoms. The third kappa shape index (κ3) is 3.14. The second-order valence-corrected chi connectivity index (χ2v) is 6.97. The highest BCUT2D eigenvalue weighted by Gasteiger charge is 2.28. The average Bonchev–Trinajstić information content (AvgIpc) is 2.96. The highest BCUT2D eigenvalue weighted by molar-refractivity contribution is 9.10. The maximum atomic E-state index is 12.4. The third-order valence-corrected chi connectivity index (χ3v) is 5.30. The van der Waals surface area contributed by atoms with Crippen molar-refractivity contribution in [1.29, 1.82) is 0 Å². The molecule has 21 heavy (non-hydrogen) atoms. The Hall–Kier alpha value is -1.33. The van der Waals surface area contributed by atoms with Crippen molar-refractivity contribution in [3.05, 3.63) is 50.6 Å². The SMILES string of the molecule is C[C@@H]1c2ccsc2CCN1C(=O)COc1ccc(Br)cc1. The molecular weight excluding hydrogens is 350 g/mol. The lowest BCUT2D eigenvalue weighted by molar-refractivity contribution is -0.135. The Morgan fingerprint density at radius 2 is 2.14 bits per heavy atom. The summed E-state index contributed by atoms with van der Waals surface area (Å²) < 4.78 is 6.58. The van der Waals surface area contributed by atoms with Gasteiger partial charge in [-0.2, -0.15) is 0 Å². The second-order valence-electron chi connectivity index (χ2n) is 5.05. The van der Waals surface area contributed by atoms with Crippen LogP contribution < -0.4 is 4.74 Å². The summed E-state index contributed by atoms with van der Waals surface area (Å²) in [4.78, 5) is 15.7. The van der Waals surface area contributed by atoms with Crippen LogP contribution >= 0.6 is 27.3 Å². The van der Waals surface area contributed by atoms with Crippen LogP contribution in [0.1, 0.15) is 23.4 Å². The molecule has 0 saturated carbocycles. The number of thiophene rings is 1. The molecule has 1 aliphatic rings. The Labute approximate surface area is 136 Å². The molecule has 3 nitrogen and oxygen atoms in total. The Morgan fingerprint density at radius 1 is 1.38 bits per heavy atom. The molecule has 2 heterocycles. The number of carbonyl (C=O) groups is 1. The van der Waals surface area contributed by atoms with Gasteiger partial charge in [0.05, 0.1) is 6.04 Å². The fourth-order valence-electron chi connectivity index (χ4n) is 2.61. The number of carbonyl (C=O) groups excluding carboxylic acids is 1. The van der Waals surface area contributed by atoms with E-state index in [0.717, 1.165) is 17.4 Å². The lowest BCUT2D eigenvalue weighted by atomic mass is 10.0. The summed E-state index contributed by atoms with van der Waals surface area (Å²) in [5.74, 6) is 0.759. The van der Waals surface area contributed by atoms with E-state index >= 15 is 0 Å². The minimum Gasteiger partial charge on any atom is -0.484 e. The number of ether oxygens (including phenoxy) is 1. The molecule has 0 spiro atoms. The topological polar surface area (TPSA) is 29.5 Å². The quantitative estimate of drug-likeness (QED) is 0.821. The number of halogens is 1. The highest BCUT2D eigenvalue weighted by atomic mass is 79.9. The highest BCUT2D eigenvalue weighted by Crippen LogP contribution is 2.32. The summed E-state index contributed by atoms with van der Waals surface area (Å²) >= 11 is 5.16. The summed E-state index contributed by atoms with van der Waals surface area (Å²) in [7, 11) is 0. The molecular formula is C16H16BrNO2S. The number of hydrogen-bond acceptors (Lipinski definition) is 3. The van der Waals surface area contributed by atoms with Crippen molar-refractivity contribution in [2.24, 2.45) is 0 Å². The normalized spacial score (nSPS) is 17.4. The Morgan fingerprint density at radius 3 is 2.90 bits per heavy atom. The Balaban J connectivity index is 1.62. The van der Waals surface area contributed by atoms with Gasteiger partial charge in [-0.25, -0.2) is 0 Å². The van der Waals surface area contributed by atoms with E-state index in [4.69, 9.17) is 4.74 Å². The van der Waals surface area contributed by atoms with Gasteiger partial charge >= 0.3 is 0 Å². The van der Waals surface area contributed by atoms with Crippen LogP contribution in [-0.2, 0) is 11.2 Å². The van der Waals surface area contributed by atoms with Crippen LogP contribution in [0.5, 0.6) is 5.75 Å². The van der Waals surface area contributed by atoms with Gasteiger partial charge < -0.3 is 9.64 Å². The summed E-state index contributed by atoms with van der Waals surface area (Å²) in [6.45, 7) is 2.95. The number of amides is 1. The molecule has 0 N–H and O–H groups in total. The lowest BCUT2D eigenvalue weighted by Gasteiger charge is -2.33. The molecule has 0 fully saturated rings. The van der Waals surface area contributed by atoms with Crippen molar-refractivity contribution >= 4 is 33.2 Å². The minimum atomic E-state index is 0.0438.